The van der Waals surface area contributed by atoms with E-state index in [0.717, 1.165) is 25.9 Å². The molecule has 1 saturated heterocycles. The van der Waals surface area contributed by atoms with Crippen molar-refractivity contribution in [3.63, 3.8) is 0 Å². The molecule has 1 fully saturated rings. The molecule has 1 aliphatic heterocycles. The lowest BCUT2D eigenvalue weighted by atomic mass is 9.88. The molecule has 9 heteroatoms. The number of rotatable bonds is 4. The Morgan fingerprint density at radius 3 is 2.64 bits per heavy atom. The smallest absolute Gasteiger partial charge is 0.339 e. The van der Waals surface area contributed by atoms with Gasteiger partial charge in [-0.25, -0.2) is 0 Å². The standard InChI is InChI=1S/C16H25F3N4O.ClH/c1-15(2,3)9-13(16(17,18)19)21-14(24)12-6-8-23(22-12)11-5-4-7-20-10-11;/h6,8,11,13,20H,4-5,7,9-10H2,1-3H3,(H,21,24);1H. The lowest BCUT2D eigenvalue weighted by Crippen LogP contribution is -2.47. The van der Waals surface area contributed by atoms with Crippen LogP contribution >= 0.6 is 12.4 Å². The van der Waals surface area contributed by atoms with Crippen molar-refractivity contribution < 1.29 is 18.0 Å². The molecule has 1 aromatic heterocycles. The van der Waals surface area contributed by atoms with Crippen LogP contribution in [0.2, 0.25) is 0 Å². The first kappa shape index (κ1) is 21.8. The van der Waals surface area contributed by atoms with Gasteiger partial charge in [-0.3, -0.25) is 9.48 Å². The molecule has 2 rings (SSSR count). The summed E-state index contributed by atoms with van der Waals surface area (Å²) in [5.74, 6) is -0.788. The Morgan fingerprint density at radius 1 is 1.44 bits per heavy atom. The molecule has 1 amide bonds. The number of piperidine rings is 1. The van der Waals surface area contributed by atoms with Crippen LogP contribution < -0.4 is 10.6 Å². The van der Waals surface area contributed by atoms with E-state index >= 15 is 0 Å². The molecular weight excluding hydrogens is 357 g/mol. The Kier molecular flexibility index (Phi) is 7.31. The maximum Gasteiger partial charge on any atom is 0.408 e. The quantitative estimate of drug-likeness (QED) is 0.839. The fourth-order valence-corrected chi connectivity index (χ4v) is 2.81. The van der Waals surface area contributed by atoms with E-state index in [9.17, 15) is 18.0 Å². The van der Waals surface area contributed by atoms with Crippen LogP contribution in [-0.4, -0.2) is 41.0 Å². The van der Waals surface area contributed by atoms with Gasteiger partial charge in [0.2, 0.25) is 0 Å². The Hall–Kier alpha value is -1.28. The molecule has 1 aliphatic rings. The van der Waals surface area contributed by atoms with Crippen LogP contribution in [0.15, 0.2) is 12.3 Å². The zero-order valence-electron chi connectivity index (χ0n) is 14.7. The number of hydrogen-bond acceptors (Lipinski definition) is 3. The van der Waals surface area contributed by atoms with Crippen LogP contribution in [-0.2, 0) is 0 Å². The van der Waals surface area contributed by atoms with Gasteiger partial charge in [0.05, 0.1) is 6.04 Å². The average Bonchev–Trinajstić information content (AvgIpc) is 2.95. The van der Waals surface area contributed by atoms with E-state index in [1.54, 1.807) is 31.6 Å². The van der Waals surface area contributed by atoms with E-state index in [4.69, 9.17) is 0 Å². The molecule has 1 aromatic rings. The number of halogens is 4. The summed E-state index contributed by atoms with van der Waals surface area (Å²) in [5.41, 5.74) is -0.538. The third-order valence-electron chi connectivity index (χ3n) is 4.00. The summed E-state index contributed by atoms with van der Waals surface area (Å²) in [6.07, 6.45) is -1.08. The SMILES string of the molecule is CC(C)(C)CC(NC(=O)c1ccn(C2CCCNC2)n1)C(F)(F)F.Cl. The van der Waals surface area contributed by atoms with Crippen LogP contribution in [0.1, 0.15) is 56.6 Å². The van der Waals surface area contributed by atoms with Crippen molar-refractivity contribution in [3.05, 3.63) is 18.0 Å². The van der Waals surface area contributed by atoms with Gasteiger partial charge in [0, 0.05) is 12.7 Å². The minimum Gasteiger partial charge on any atom is -0.339 e. The number of nitrogens with zero attached hydrogens (tertiary/aromatic N) is 2. The summed E-state index contributed by atoms with van der Waals surface area (Å²) in [7, 11) is 0. The molecule has 5 nitrogen and oxygen atoms in total. The molecule has 0 aromatic carbocycles. The highest BCUT2D eigenvalue weighted by Crippen LogP contribution is 2.30. The first-order chi connectivity index (χ1) is 11.1. The zero-order valence-corrected chi connectivity index (χ0v) is 15.5. The zero-order chi connectivity index (χ0) is 18.0. The van der Waals surface area contributed by atoms with Gasteiger partial charge in [0.25, 0.3) is 5.91 Å². The molecule has 144 valence electrons. The van der Waals surface area contributed by atoms with Crippen molar-refractivity contribution in [2.75, 3.05) is 13.1 Å². The second-order valence-corrected chi connectivity index (χ2v) is 7.51. The fraction of sp³-hybridized carbons (Fsp3) is 0.750. The van der Waals surface area contributed by atoms with Crippen LogP contribution in [0.3, 0.4) is 0 Å². The molecule has 2 unspecified atom stereocenters. The van der Waals surface area contributed by atoms with Crippen LogP contribution in [0, 0.1) is 5.41 Å². The highest BCUT2D eigenvalue weighted by atomic mass is 35.5. The lowest BCUT2D eigenvalue weighted by molar-refractivity contribution is -0.159. The van der Waals surface area contributed by atoms with E-state index < -0.39 is 23.5 Å². The number of hydrogen-bond donors (Lipinski definition) is 2. The molecule has 2 N–H and O–H groups in total. The number of carbonyl (C=O) groups excluding carboxylic acids is 1. The summed E-state index contributed by atoms with van der Waals surface area (Å²) in [4.78, 5) is 12.2. The summed E-state index contributed by atoms with van der Waals surface area (Å²) in [6, 6.07) is -0.283. The predicted molar refractivity (Wildman–Crippen MR) is 92.0 cm³/mol. The van der Waals surface area contributed by atoms with Gasteiger partial charge in [-0.2, -0.15) is 18.3 Å². The first-order valence-corrected chi connectivity index (χ1v) is 8.20. The van der Waals surface area contributed by atoms with Crippen LogP contribution in [0.4, 0.5) is 13.2 Å². The second-order valence-electron chi connectivity index (χ2n) is 7.51. The minimum atomic E-state index is -4.49. The van der Waals surface area contributed by atoms with Gasteiger partial charge >= 0.3 is 6.18 Å². The molecule has 25 heavy (non-hydrogen) atoms. The summed E-state index contributed by atoms with van der Waals surface area (Å²) in [5, 5.41) is 9.49. The minimum absolute atomic E-state index is 0. The monoisotopic (exact) mass is 382 g/mol. The van der Waals surface area contributed by atoms with Gasteiger partial charge in [-0.1, -0.05) is 20.8 Å². The van der Waals surface area contributed by atoms with Crippen LogP contribution in [0.5, 0.6) is 0 Å². The molecule has 0 radical (unpaired) electrons. The molecule has 2 heterocycles. The van der Waals surface area contributed by atoms with Crippen molar-refractivity contribution in [1.82, 2.24) is 20.4 Å². The lowest BCUT2D eigenvalue weighted by Gasteiger charge is -2.28. The number of nitrogens with one attached hydrogen (secondary N) is 2. The Morgan fingerprint density at radius 2 is 2.12 bits per heavy atom. The number of amides is 1. The van der Waals surface area contributed by atoms with E-state index in [-0.39, 0.29) is 30.6 Å². The highest BCUT2D eigenvalue weighted by Gasteiger charge is 2.43. The molecular formula is C16H26ClF3N4O. The molecule has 2 atom stereocenters. The third kappa shape index (κ3) is 6.51. The highest BCUT2D eigenvalue weighted by molar-refractivity contribution is 5.92. The Bertz CT molecular complexity index is 562. The number of alkyl halides is 3. The Balaban J connectivity index is 0.00000312. The number of aromatic nitrogens is 2. The maximum atomic E-state index is 13.2. The largest absolute Gasteiger partial charge is 0.408 e. The van der Waals surface area contributed by atoms with Gasteiger partial charge in [-0.05, 0) is 37.3 Å². The van der Waals surface area contributed by atoms with Gasteiger partial charge in [0.1, 0.15) is 11.7 Å². The van der Waals surface area contributed by atoms with Crippen molar-refractivity contribution in [1.29, 1.82) is 0 Å². The van der Waals surface area contributed by atoms with E-state index in [1.807, 2.05) is 0 Å². The first-order valence-electron chi connectivity index (χ1n) is 8.20. The predicted octanol–water partition coefficient (Wildman–Crippen LogP) is 3.33. The van der Waals surface area contributed by atoms with Gasteiger partial charge in [-0.15, -0.1) is 12.4 Å². The average molecular weight is 383 g/mol. The van der Waals surface area contributed by atoms with E-state index in [2.05, 4.69) is 15.7 Å². The molecule has 0 saturated carbocycles. The van der Waals surface area contributed by atoms with Crippen molar-refractivity contribution in [3.8, 4) is 0 Å². The Labute approximate surface area is 152 Å². The number of carbonyl (C=O) groups is 1. The summed E-state index contributed by atoms with van der Waals surface area (Å²) < 4.78 is 41.2. The van der Waals surface area contributed by atoms with Crippen molar-refractivity contribution >= 4 is 18.3 Å². The van der Waals surface area contributed by atoms with E-state index in [1.165, 1.54) is 6.07 Å². The van der Waals surface area contributed by atoms with Crippen molar-refractivity contribution in [2.45, 2.75) is 58.3 Å². The molecule has 0 spiro atoms. The topological polar surface area (TPSA) is 59.0 Å². The van der Waals surface area contributed by atoms with Crippen LogP contribution in [0.25, 0.3) is 0 Å². The van der Waals surface area contributed by atoms with E-state index in [0.29, 0.717) is 0 Å². The second kappa shape index (κ2) is 8.40. The maximum absolute atomic E-state index is 13.2. The summed E-state index contributed by atoms with van der Waals surface area (Å²) >= 11 is 0. The van der Waals surface area contributed by atoms with Crippen molar-refractivity contribution in [2.24, 2.45) is 5.41 Å². The van der Waals surface area contributed by atoms with Gasteiger partial charge in [0.15, 0.2) is 0 Å². The molecule has 0 aliphatic carbocycles. The third-order valence-corrected chi connectivity index (χ3v) is 4.00. The fourth-order valence-electron chi connectivity index (χ4n) is 2.81. The molecule has 0 bridgehead atoms. The normalized spacial score (nSPS) is 19.8. The summed E-state index contributed by atoms with van der Waals surface area (Å²) in [6.45, 7) is 6.83. The van der Waals surface area contributed by atoms with Gasteiger partial charge < -0.3 is 10.6 Å².